The first kappa shape index (κ1) is 19.6. The molecule has 0 saturated heterocycles. The van der Waals surface area contributed by atoms with E-state index in [0.29, 0.717) is 6.54 Å². The van der Waals surface area contributed by atoms with Gasteiger partial charge in [-0.05, 0) is 57.6 Å². The molecule has 0 radical (unpaired) electrons. The highest BCUT2D eigenvalue weighted by molar-refractivity contribution is 5.80. The molecule has 1 heterocycles. The highest BCUT2D eigenvalue weighted by Gasteiger charge is 2.25. The molecule has 0 saturated carbocycles. The van der Waals surface area contributed by atoms with Gasteiger partial charge < -0.3 is 20.2 Å². The van der Waals surface area contributed by atoms with Crippen molar-refractivity contribution in [1.29, 1.82) is 0 Å². The van der Waals surface area contributed by atoms with Crippen LogP contribution in [0.5, 0.6) is 0 Å². The topological polar surface area (TPSA) is 69.8 Å². The Hall–Kier alpha value is -1.49. The summed E-state index contributed by atoms with van der Waals surface area (Å²) in [5.74, 6) is 2.61. The lowest BCUT2D eigenvalue weighted by molar-refractivity contribution is 0.175. The second-order valence-electron chi connectivity index (χ2n) is 6.19. The van der Waals surface area contributed by atoms with Crippen LogP contribution in [0.3, 0.4) is 0 Å². The van der Waals surface area contributed by atoms with Gasteiger partial charge >= 0.3 is 0 Å². The summed E-state index contributed by atoms with van der Waals surface area (Å²) in [5.41, 5.74) is 0.0710. The van der Waals surface area contributed by atoms with Crippen molar-refractivity contribution in [3.05, 3.63) is 23.7 Å². The van der Waals surface area contributed by atoms with Crippen molar-refractivity contribution < 1.29 is 9.52 Å². The third kappa shape index (κ3) is 5.90. The summed E-state index contributed by atoms with van der Waals surface area (Å²) >= 11 is 0. The Morgan fingerprint density at radius 1 is 1.30 bits per heavy atom. The Kier molecular flexibility index (Phi) is 8.17. The highest BCUT2D eigenvalue weighted by atomic mass is 16.3. The number of furan rings is 1. The third-order valence-electron chi connectivity index (χ3n) is 4.60. The maximum atomic E-state index is 9.34. The molecule has 1 atom stereocenters. The lowest BCUT2D eigenvalue weighted by Crippen LogP contribution is -2.39. The van der Waals surface area contributed by atoms with E-state index in [-0.39, 0.29) is 18.1 Å². The fourth-order valence-electron chi connectivity index (χ4n) is 2.67. The predicted molar refractivity (Wildman–Crippen MR) is 95.7 cm³/mol. The molecule has 0 fully saturated rings. The summed E-state index contributed by atoms with van der Waals surface area (Å²) in [6.07, 6.45) is 2.82. The van der Waals surface area contributed by atoms with E-state index in [4.69, 9.17) is 9.41 Å². The molecule has 0 bridgehead atoms. The van der Waals surface area contributed by atoms with Gasteiger partial charge in [0.15, 0.2) is 5.96 Å². The van der Waals surface area contributed by atoms with Gasteiger partial charge in [-0.1, -0.05) is 13.8 Å². The molecule has 0 aromatic carbocycles. The molecule has 1 aromatic rings. The quantitative estimate of drug-likeness (QED) is 0.481. The van der Waals surface area contributed by atoms with Crippen molar-refractivity contribution in [2.45, 2.75) is 59.9 Å². The molecule has 3 N–H and O–H groups in total. The van der Waals surface area contributed by atoms with E-state index < -0.39 is 0 Å². The van der Waals surface area contributed by atoms with Gasteiger partial charge in [-0.2, -0.15) is 0 Å². The van der Waals surface area contributed by atoms with Crippen molar-refractivity contribution in [3.8, 4) is 0 Å². The van der Waals surface area contributed by atoms with E-state index in [1.54, 1.807) is 0 Å². The van der Waals surface area contributed by atoms with Crippen molar-refractivity contribution in [2.24, 2.45) is 10.4 Å². The summed E-state index contributed by atoms with van der Waals surface area (Å²) in [4.78, 5) is 4.76. The van der Waals surface area contributed by atoms with Gasteiger partial charge in [-0.3, -0.25) is 4.99 Å². The predicted octanol–water partition coefficient (Wildman–Crippen LogP) is 3.39. The molecule has 0 aliphatic heterocycles. The number of nitrogens with zero attached hydrogens (tertiary/aromatic N) is 1. The van der Waals surface area contributed by atoms with Crippen LogP contribution in [0.2, 0.25) is 0 Å². The van der Waals surface area contributed by atoms with Crippen molar-refractivity contribution in [3.63, 3.8) is 0 Å². The number of rotatable bonds is 9. The molecule has 0 aliphatic carbocycles. The normalized spacial score (nSPS) is 13.9. The molecule has 5 heteroatoms. The smallest absolute Gasteiger partial charge is 0.191 e. The minimum atomic E-state index is 0.0528. The minimum absolute atomic E-state index is 0.0528. The van der Waals surface area contributed by atoms with Crippen LogP contribution in [-0.2, 0) is 0 Å². The Balaban J connectivity index is 2.79. The molecular weight excluding hydrogens is 290 g/mol. The summed E-state index contributed by atoms with van der Waals surface area (Å²) < 4.78 is 5.67. The fourth-order valence-corrected chi connectivity index (χ4v) is 2.67. The van der Waals surface area contributed by atoms with Gasteiger partial charge in [0, 0.05) is 19.7 Å². The SMILES string of the molecule is CCNC(=NCC(CC)(CC)CCO)NC(C)c1ccc(C)o1. The van der Waals surface area contributed by atoms with E-state index >= 15 is 0 Å². The minimum Gasteiger partial charge on any atom is -0.464 e. The van der Waals surface area contributed by atoms with E-state index in [1.165, 1.54) is 0 Å². The number of aliphatic hydroxyl groups excluding tert-OH is 1. The first-order valence-electron chi connectivity index (χ1n) is 8.72. The second-order valence-corrected chi connectivity index (χ2v) is 6.19. The summed E-state index contributed by atoms with van der Waals surface area (Å²) in [5, 5.41) is 16.0. The zero-order valence-corrected chi connectivity index (χ0v) is 15.3. The zero-order chi connectivity index (χ0) is 17.3. The second kappa shape index (κ2) is 9.60. The van der Waals surface area contributed by atoms with E-state index in [9.17, 15) is 5.11 Å². The first-order valence-corrected chi connectivity index (χ1v) is 8.72. The van der Waals surface area contributed by atoms with Crippen LogP contribution in [0.25, 0.3) is 0 Å². The lowest BCUT2D eigenvalue weighted by Gasteiger charge is -2.29. The van der Waals surface area contributed by atoms with Crippen molar-refractivity contribution in [1.82, 2.24) is 10.6 Å². The molecule has 1 rings (SSSR count). The molecule has 0 amide bonds. The van der Waals surface area contributed by atoms with Gasteiger partial charge in [0.2, 0.25) is 0 Å². The van der Waals surface area contributed by atoms with Crippen LogP contribution in [0.1, 0.15) is 64.5 Å². The number of aryl methyl sites for hydroxylation is 1. The largest absolute Gasteiger partial charge is 0.464 e. The molecular formula is C18H33N3O2. The third-order valence-corrected chi connectivity index (χ3v) is 4.60. The van der Waals surface area contributed by atoms with Crippen LogP contribution in [0.15, 0.2) is 21.5 Å². The van der Waals surface area contributed by atoms with Crippen LogP contribution in [0, 0.1) is 12.3 Å². The zero-order valence-electron chi connectivity index (χ0n) is 15.3. The molecule has 1 unspecified atom stereocenters. The van der Waals surface area contributed by atoms with E-state index in [2.05, 4.69) is 38.3 Å². The molecule has 5 nitrogen and oxygen atoms in total. The first-order chi connectivity index (χ1) is 11.0. The van der Waals surface area contributed by atoms with Gasteiger partial charge in [0.25, 0.3) is 0 Å². The average Bonchev–Trinajstić information content (AvgIpc) is 2.98. The maximum Gasteiger partial charge on any atom is 0.191 e. The summed E-state index contributed by atoms with van der Waals surface area (Å²) in [6, 6.07) is 4.01. The van der Waals surface area contributed by atoms with Gasteiger partial charge in [0.1, 0.15) is 11.5 Å². The molecule has 1 aromatic heterocycles. The standard InChI is InChI=1S/C18H33N3O2/c1-6-18(7-2,11-12-22)13-20-17(19-8-3)21-15(5)16-10-9-14(4)23-16/h9-10,15,22H,6-8,11-13H2,1-5H3,(H2,19,20,21). The number of hydrogen-bond donors (Lipinski definition) is 3. The Bertz CT molecular complexity index is 478. The van der Waals surface area contributed by atoms with Crippen molar-refractivity contribution >= 4 is 5.96 Å². The van der Waals surface area contributed by atoms with Gasteiger partial charge in [0.05, 0.1) is 6.04 Å². The fraction of sp³-hybridized carbons (Fsp3) is 0.722. The molecule has 0 spiro atoms. The monoisotopic (exact) mass is 323 g/mol. The summed E-state index contributed by atoms with van der Waals surface area (Å²) in [7, 11) is 0. The van der Waals surface area contributed by atoms with Crippen molar-refractivity contribution in [2.75, 3.05) is 19.7 Å². The molecule has 23 heavy (non-hydrogen) atoms. The number of guanidine groups is 1. The van der Waals surface area contributed by atoms with Crippen LogP contribution in [-0.4, -0.2) is 30.8 Å². The number of aliphatic imine (C=N–C) groups is 1. The maximum absolute atomic E-state index is 9.34. The number of nitrogens with one attached hydrogen (secondary N) is 2. The van der Waals surface area contributed by atoms with Crippen LogP contribution < -0.4 is 10.6 Å². The van der Waals surface area contributed by atoms with Crippen LogP contribution in [0.4, 0.5) is 0 Å². The Morgan fingerprint density at radius 2 is 2.00 bits per heavy atom. The Morgan fingerprint density at radius 3 is 2.48 bits per heavy atom. The molecule has 0 aliphatic rings. The Labute approximate surface area is 140 Å². The molecule has 132 valence electrons. The highest BCUT2D eigenvalue weighted by Crippen LogP contribution is 2.30. The number of aliphatic hydroxyl groups is 1. The number of hydrogen-bond acceptors (Lipinski definition) is 3. The van der Waals surface area contributed by atoms with Crippen LogP contribution >= 0.6 is 0 Å². The van der Waals surface area contributed by atoms with E-state index in [0.717, 1.165) is 43.3 Å². The van der Waals surface area contributed by atoms with E-state index in [1.807, 2.05) is 19.1 Å². The lowest BCUT2D eigenvalue weighted by atomic mass is 9.79. The summed E-state index contributed by atoms with van der Waals surface area (Å²) in [6.45, 7) is 12.1. The van der Waals surface area contributed by atoms with Gasteiger partial charge in [-0.15, -0.1) is 0 Å². The van der Waals surface area contributed by atoms with Gasteiger partial charge in [-0.25, -0.2) is 0 Å². The average molecular weight is 323 g/mol.